The average molecular weight is 437 g/mol. The number of anilines is 1. The zero-order valence-corrected chi connectivity index (χ0v) is 18.5. The Bertz CT molecular complexity index is 1130. The molecule has 2 aliphatic heterocycles. The second kappa shape index (κ2) is 9.51. The monoisotopic (exact) mass is 436 g/mol. The number of carbonyl (C=O) groups is 1. The molecule has 0 aromatic carbocycles. The molecule has 9 heteroatoms. The van der Waals surface area contributed by atoms with E-state index in [2.05, 4.69) is 22.2 Å². The fourth-order valence-electron chi connectivity index (χ4n) is 4.09. The van der Waals surface area contributed by atoms with Gasteiger partial charge in [0, 0.05) is 45.5 Å². The highest BCUT2D eigenvalue weighted by molar-refractivity contribution is 6.02. The Morgan fingerprint density at radius 2 is 2.16 bits per heavy atom. The summed E-state index contributed by atoms with van der Waals surface area (Å²) in [5.74, 6) is -0.00172. The molecule has 4 heterocycles. The fraction of sp³-hybridized carbons (Fsp3) is 0.478. The summed E-state index contributed by atoms with van der Waals surface area (Å²) in [4.78, 5) is 35.2. The molecule has 0 spiro atoms. The lowest BCUT2D eigenvalue weighted by Gasteiger charge is -2.34. The maximum Gasteiger partial charge on any atom is 0.267 e. The first kappa shape index (κ1) is 22.0. The maximum absolute atomic E-state index is 13.4. The maximum atomic E-state index is 13.4. The number of hydrogen-bond donors (Lipinski definition) is 1. The van der Waals surface area contributed by atoms with Crippen molar-refractivity contribution in [2.24, 2.45) is 0 Å². The first-order valence-electron chi connectivity index (χ1n) is 10.9. The van der Waals surface area contributed by atoms with E-state index in [1.54, 1.807) is 12.3 Å². The van der Waals surface area contributed by atoms with Crippen LogP contribution in [0.1, 0.15) is 24.0 Å². The van der Waals surface area contributed by atoms with Gasteiger partial charge in [0.05, 0.1) is 11.7 Å². The number of aryl methyl sites for hydroxylation is 1. The Labute approximate surface area is 186 Å². The third-order valence-corrected chi connectivity index (χ3v) is 6.04. The molecule has 1 amide bonds. The number of carbonyl (C=O) groups excluding carboxylic acids is 1. The van der Waals surface area contributed by atoms with E-state index in [-0.39, 0.29) is 22.8 Å². The highest BCUT2D eigenvalue weighted by atomic mass is 16.5. The minimum atomic E-state index is -0.513. The molecule has 1 atom stereocenters. The van der Waals surface area contributed by atoms with Crippen molar-refractivity contribution in [3.63, 3.8) is 0 Å². The number of nitrogens with zero attached hydrogens (tertiary/aromatic N) is 5. The molecule has 0 aliphatic carbocycles. The van der Waals surface area contributed by atoms with E-state index >= 15 is 0 Å². The Balaban J connectivity index is 1.74. The van der Waals surface area contributed by atoms with Crippen LogP contribution in [0.15, 0.2) is 28.7 Å². The molecule has 9 nitrogen and oxygen atoms in total. The molecule has 2 fully saturated rings. The van der Waals surface area contributed by atoms with Crippen LogP contribution in [0.5, 0.6) is 0 Å². The third-order valence-electron chi connectivity index (χ3n) is 6.04. The van der Waals surface area contributed by atoms with Gasteiger partial charge in [0.1, 0.15) is 23.1 Å². The summed E-state index contributed by atoms with van der Waals surface area (Å²) >= 11 is 0. The lowest BCUT2D eigenvalue weighted by atomic mass is 10.1. The molecular formula is C23H28N6O3. The lowest BCUT2D eigenvalue weighted by Crippen LogP contribution is -2.45. The van der Waals surface area contributed by atoms with Crippen molar-refractivity contribution >= 4 is 23.4 Å². The number of nitrogens with one attached hydrogen (secondary N) is 1. The van der Waals surface area contributed by atoms with Gasteiger partial charge in [0.15, 0.2) is 0 Å². The highest BCUT2D eigenvalue weighted by Crippen LogP contribution is 2.22. The Morgan fingerprint density at radius 1 is 1.38 bits per heavy atom. The molecular weight excluding hydrogens is 408 g/mol. The number of ether oxygens (including phenoxy) is 1. The van der Waals surface area contributed by atoms with Crippen LogP contribution in [0, 0.1) is 18.3 Å². The van der Waals surface area contributed by atoms with E-state index < -0.39 is 5.91 Å². The topological polar surface area (TPSA) is 103 Å². The van der Waals surface area contributed by atoms with E-state index in [4.69, 9.17) is 9.72 Å². The third kappa shape index (κ3) is 4.52. The summed E-state index contributed by atoms with van der Waals surface area (Å²) in [6.07, 6.45) is 4.86. The molecule has 2 aromatic heterocycles. The standard InChI is InChI=1S/C23H28N6O3/c1-16-5-3-7-29-20(16)26-21(28-10-8-27(2)9-11-28)19(23(29)31)13-17(14-24)22(30)25-15-18-6-4-12-32-18/h3,5,7,13,18H,4,6,8-12,15H2,1-2H3,(H,25,30)/b17-13+/t18-/m0/s1. The minimum absolute atomic E-state index is 0.0317. The van der Waals surface area contributed by atoms with Gasteiger partial charge in [-0.3, -0.25) is 14.0 Å². The Morgan fingerprint density at radius 3 is 2.84 bits per heavy atom. The number of aromatic nitrogens is 2. The summed E-state index contributed by atoms with van der Waals surface area (Å²) < 4.78 is 7.00. The van der Waals surface area contributed by atoms with Gasteiger partial charge in [-0.2, -0.15) is 5.26 Å². The van der Waals surface area contributed by atoms with E-state index in [1.165, 1.54) is 10.5 Å². The van der Waals surface area contributed by atoms with Gasteiger partial charge < -0.3 is 19.9 Å². The van der Waals surface area contributed by atoms with Crippen LogP contribution in [0.3, 0.4) is 0 Å². The van der Waals surface area contributed by atoms with Crippen LogP contribution < -0.4 is 15.8 Å². The first-order valence-corrected chi connectivity index (χ1v) is 10.9. The first-order chi connectivity index (χ1) is 15.5. The Kier molecular flexibility index (Phi) is 6.53. The van der Waals surface area contributed by atoms with E-state index in [1.807, 2.05) is 19.1 Å². The molecule has 0 unspecified atom stereocenters. The van der Waals surface area contributed by atoms with Crippen LogP contribution in [0.25, 0.3) is 11.7 Å². The molecule has 2 saturated heterocycles. The largest absolute Gasteiger partial charge is 0.376 e. The predicted octanol–water partition coefficient (Wildman–Crippen LogP) is 0.957. The number of pyridine rings is 1. The van der Waals surface area contributed by atoms with Crippen LogP contribution >= 0.6 is 0 Å². The van der Waals surface area contributed by atoms with E-state index in [0.717, 1.165) is 31.5 Å². The van der Waals surface area contributed by atoms with Crippen LogP contribution in [0.4, 0.5) is 5.82 Å². The van der Waals surface area contributed by atoms with Gasteiger partial charge in [-0.05, 0) is 44.5 Å². The smallest absolute Gasteiger partial charge is 0.267 e. The number of fused-ring (bicyclic) bond motifs is 1. The normalized spacial score (nSPS) is 19.8. The van der Waals surface area contributed by atoms with Gasteiger partial charge >= 0.3 is 0 Å². The van der Waals surface area contributed by atoms with Gasteiger partial charge in [-0.1, -0.05) is 6.07 Å². The molecule has 1 N–H and O–H groups in total. The number of piperazine rings is 1. The number of rotatable bonds is 5. The molecule has 0 bridgehead atoms. The summed E-state index contributed by atoms with van der Waals surface area (Å²) in [5.41, 5.74) is 1.29. The number of likely N-dealkylation sites (N-methyl/N-ethyl adjacent to an activating group) is 1. The summed E-state index contributed by atoms with van der Waals surface area (Å²) in [6.45, 7) is 6.03. The van der Waals surface area contributed by atoms with Gasteiger partial charge in [0.2, 0.25) is 0 Å². The lowest BCUT2D eigenvalue weighted by molar-refractivity contribution is -0.117. The van der Waals surface area contributed by atoms with Crippen molar-refractivity contribution in [1.29, 1.82) is 5.26 Å². The fourth-order valence-corrected chi connectivity index (χ4v) is 4.09. The van der Waals surface area contributed by atoms with Crippen molar-refractivity contribution in [1.82, 2.24) is 19.6 Å². The van der Waals surface area contributed by atoms with Crippen LogP contribution in [-0.4, -0.2) is 72.7 Å². The van der Waals surface area contributed by atoms with E-state index in [0.29, 0.717) is 37.7 Å². The van der Waals surface area contributed by atoms with Crippen LogP contribution in [-0.2, 0) is 9.53 Å². The van der Waals surface area contributed by atoms with Gasteiger partial charge in [0.25, 0.3) is 11.5 Å². The number of amides is 1. The van der Waals surface area contributed by atoms with Crippen molar-refractivity contribution < 1.29 is 9.53 Å². The molecule has 32 heavy (non-hydrogen) atoms. The minimum Gasteiger partial charge on any atom is -0.376 e. The SMILES string of the molecule is Cc1cccn2c(=O)c(/C=C(\C#N)C(=O)NC[C@@H]3CCCO3)c(N3CCN(C)CC3)nc12. The molecule has 2 aromatic rings. The zero-order valence-electron chi connectivity index (χ0n) is 18.5. The summed E-state index contributed by atoms with van der Waals surface area (Å²) in [5, 5.41) is 12.4. The van der Waals surface area contributed by atoms with E-state index in [9.17, 15) is 14.9 Å². The molecule has 0 radical (unpaired) electrons. The summed E-state index contributed by atoms with van der Waals surface area (Å²) in [7, 11) is 2.05. The predicted molar refractivity (Wildman–Crippen MR) is 121 cm³/mol. The average Bonchev–Trinajstić information content (AvgIpc) is 3.32. The van der Waals surface area contributed by atoms with Crippen LogP contribution in [0.2, 0.25) is 0 Å². The quantitative estimate of drug-likeness (QED) is 0.550. The van der Waals surface area contributed by atoms with Gasteiger partial charge in [-0.15, -0.1) is 0 Å². The van der Waals surface area contributed by atoms with Gasteiger partial charge in [-0.25, -0.2) is 4.98 Å². The van der Waals surface area contributed by atoms with Crippen molar-refractivity contribution in [2.75, 3.05) is 51.3 Å². The molecule has 4 rings (SSSR count). The van der Waals surface area contributed by atoms with Crippen molar-refractivity contribution in [3.8, 4) is 6.07 Å². The second-order valence-corrected chi connectivity index (χ2v) is 8.34. The second-order valence-electron chi connectivity index (χ2n) is 8.34. The Hall–Kier alpha value is -3.22. The highest BCUT2D eigenvalue weighted by Gasteiger charge is 2.23. The molecule has 2 aliphatic rings. The zero-order chi connectivity index (χ0) is 22.7. The summed E-state index contributed by atoms with van der Waals surface area (Å²) in [6, 6.07) is 5.65. The van der Waals surface area contributed by atoms with Crippen molar-refractivity contribution in [3.05, 3.63) is 45.4 Å². The molecule has 0 saturated carbocycles. The number of nitriles is 1. The molecule has 168 valence electrons. The number of hydrogen-bond acceptors (Lipinski definition) is 7. The van der Waals surface area contributed by atoms with Crippen molar-refractivity contribution in [2.45, 2.75) is 25.9 Å².